The summed E-state index contributed by atoms with van der Waals surface area (Å²) in [7, 11) is 0. The third-order valence-electron chi connectivity index (χ3n) is 3.39. The molecule has 0 aliphatic rings. The molecule has 23 heavy (non-hydrogen) atoms. The van der Waals surface area contributed by atoms with Gasteiger partial charge in [0.25, 0.3) is 0 Å². The Labute approximate surface area is 147 Å². The Balaban J connectivity index is 1.72. The van der Waals surface area contributed by atoms with Crippen molar-refractivity contribution >= 4 is 40.2 Å². The van der Waals surface area contributed by atoms with Gasteiger partial charge in [-0.25, -0.2) is 0 Å². The predicted molar refractivity (Wildman–Crippen MR) is 97.8 cm³/mol. The standard InChI is InChI=1S/C16H17N3OS3/c1-3-11-7-8-13(23-11)12(20)10-22-16-18-17-15(19(16)4-2)14-6-5-9-21-14/h5-9H,3-4,10H2,1-2H3. The van der Waals surface area contributed by atoms with Gasteiger partial charge in [0.1, 0.15) is 0 Å². The van der Waals surface area contributed by atoms with Gasteiger partial charge in [0.15, 0.2) is 16.8 Å². The Morgan fingerprint density at radius 2 is 2.13 bits per heavy atom. The van der Waals surface area contributed by atoms with Crippen molar-refractivity contribution in [2.75, 3.05) is 5.75 Å². The van der Waals surface area contributed by atoms with Gasteiger partial charge in [-0.3, -0.25) is 4.79 Å². The molecule has 0 aliphatic carbocycles. The van der Waals surface area contributed by atoms with Crippen LogP contribution < -0.4 is 0 Å². The van der Waals surface area contributed by atoms with E-state index in [1.54, 1.807) is 22.7 Å². The zero-order valence-electron chi connectivity index (χ0n) is 13.0. The molecule has 7 heteroatoms. The van der Waals surface area contributed by atoms with E-state index in [2.05, 4.69) is 28.6 Å². The molecule has 0 aromatic carbocycles. The Kier molecular flexibility index (Phi) is 5.30. The van der Waals surface area contributed by atoms with Gasteiger partial charge in [-0.2, -0.15) is 0 Å². The molecular weight excluding hydrogens is 346 g/mol. The maximum absolute atomic E-state index is 12.3. The van der Waals surface area contributed by atoms with Gasteiger partial charge >= 0.3 is 0 Å². The summed E-state index contributed by atoms with van der Waals surface area (Å²) in [6, 6.07) is 8.01. The summed E-state index contributed by atoms with van der Waals surface area (Å²) in [6.07, 6.45) is 0.972. The van der Waals surface area contributed by atoms with E-state index in [1.807, 2.05) is 29.6 Å². The highest BCUT2D eigenvalue weighted by Crippen LogP contribution is 2.28. The Morgan fingerprint density at radius 3 is 2.78 bits per heavy atom. The number of hydrogen-bond donors (Lipinski definition) is 0. The van der Waals surface area contributed by atoms with Crippen molar-refractivity contribution in [1.29, 1.82) is 0 Å². The van der Waals surface area contributed by atoms with E-state index < -0.39 is 0 Å². The van der Waals surface area contributed by atoms with Crippen molar-refractivity contribution in [1.82, 2.24) is 14.8 Å². The van der Waals surface area contributed by atoms with E-state index in [1.165, 1.54) is 16.6 Å². The second kappa shape index (κ2) is 7.42. The van der Waals surface area contributed by atoms with E-state index in [9.17, 15) is 4.79 Å². The van der Waals surface area contributed by atoms with Crippen LogP contribution >= 0.6 is 34.4 Å². The van der Waals surface area contributed by atoms with Crippen LogP contribution in [-0.2, 0) is 13.0 Å². The second-order valence-electron chi connectivity index (χ2n) is 4.86. The quantitative estimate of drug-likeness (QED) is 0.454. The van der Waals surface area contributed by atoms with Gasteiger partial charge in [0.05, 0.1) is 15.5 Å². The minimum absolute atomic E-state index is 0.156. The number of thioether (sulfide) groups is 1. The number of ketones is 1. The van der Waals surface area contributed by atoms with Crippen LogP contribution in [0.2, 0.25) is 0 Å². The monoisotopic (exact) mass is 363 g/mol. The lowest BCUT2D eigenvalue weighted by Gasteiger charge is -2.05. The summed E-state index contributed by atoms with van der Waals surface area (Å²) in [5.41, 5.74) is 0. The summed E-state index contributed by atoms with van der Waals surface area (Å²) in [4.78, 5) is 15.5. The Hall–Kier alpha value is -1.44. The number of Topliss-reactive ketones (excluding diaryl/α,β-unsaturated/α-hetero) is 1. The molecule has 3 heterocycles. The number of rotatable bonds is 7. The van der Waals surface area contributed by atoms with E-state index in [4.69, 9.17) is 0 Å². The fourth-order valence-electron chi connectivity index (χ4n) is 2.19. The molecule has 0 spiro atoms. The largest absolute Gasteiger partial charge is 0.302 e. The molecule has 0 amide bonds. The molecule has 0 saturated heterocycles. The van der Waals surface area contributed by atoms with E-state index >= 15 is 0 Å². The molecule has 0 radical (unpaired) electrons. The first-order valence-electron chi connectivity index (χ1n) is 7.44. The Morgan fingerprint density at radius 1 is 1.26 bits per heavy atom. The summed E-state index contributed by atoms with van der Waals surface area (Å²) in [5, 5.41) is 11.4. The molecule has 0 saturated carbocycles. The summed E-state index contributed by atoms with van der Waals surface area (Å²) in [6.45, 7) is 4.96. The normalized spacial score (nSPS) is 11.0. The zero-order chi connectivity index (χ0) is 16.2. The van der Waals surface area contributed by atoms with Crippen LogP contribution in [-0.4, -0.2) is 26.3 Å². The highest BCUT2D eigenvalue weighted by molar-refractivity contribution is 7.99. The number of carbonyl (C=O) groups is 1. The van der Waals surface area contributed by atoms with Crippen molar-refractivity contribution in [3.05, 3.63) is 39.4 Å². The molecule has 0 N–H and O–H groups in total. The van der Waals surface area contributed by atoms with Gasteiger partial charge in [0, 0.05) is 11.4 Å². The van der Waals surface area contributed by atoms with Gasteiger partial charge in [-0.05, 0) is 36.9 Å². The summed E-state index contributed by atoms with van der Waals surface area (Å²) in [5.74, 6) is 1.43. The molecule has 0 aliphatic heterocycles. The summed E-state index contributed by atoms with van der Waals surface area (Å²) >= 11 is 4.69. The average molecular weight is 364 g/mol. The van der Waals surface area contributed by atoms with E-state index in [-0.39, 0.29) is 5.78 Å². The number of thiophene rings is 2. The average Bonchev–Trinajstić information content (AvgIpc) is 3.31. The molecule has 3 aromatic heterocycles. The fraction of sp³-hybridized carbons (Fsp3) is 0.312. The van der Waals surface area contributed by atoms with Crippen LogP contribution in [0.4, 0.5) is 0 Å². The molecular formula is C16H17N3OS3. The SMILES string of the molecule is CCc1ccc(C(=O)CSc2nnc(-c3cccs3)n2CC)s1. The molecule has 0 bridgehead atoms. The van der Waals surface area contributed by atoms with E-state index in [0.717, 1.165) is 33.7 Å². The van der Waals surface area contributed by atoms with Gasteiger partial charge in [-0.15, -0.1) is 32.9 Å². The van der Waals surface area contributed by atoms with Crippen molar-refractivity contribution in [3.63, 3.8) is 0 Å². The molecule has 0 unspecified atom stereocenters. The molecule has 120 valence electrons. The van der Waals surface area contributed by atoms with Crippen LogP contribution in [0.1, 0.15) is 28.4 Å². The van der Waals surface area contributed by atoms with Crippen molar-refractivity contribution in [2.45, 2.75) is 32.0 Å². The lowest BCUT2D eigenvalue weighted by atomic mass is 10.3. The van der Waals surface area contributed by atoms with Crippen molar-refractivity contribution < 1.29 is 4.79 Å². The van der Waals surface area contributed by atoms with E-state index in [0.29, 0.717) is 5.75 Å². The fourth-order valence-corrected chi connectivity index (χ4v) is 4.77. The number of carbonyl (C=O) groups excluding carboxylic acids is 1. The number of nitrogens with zero attached hydrogens (tertiary/aromatic N) is 3. The van der Waals surface area contributed by atoms with Gasteiger partial charge in [0.2, 0.25) is 0 Å². The van der Waals surface area contributed by atoms with Crippen LogP contribution in [0.25, 0.3) is 10.7 Å². The first-order valence-corrected chi connectivity index (χ1v) is 10.1. The second-order valence-corrected chi connectivity index (χ2v) is 7.92. The molecule has 3 rings (SSSR count). The first kappa shape index (κ1) is 16.4. The lowest BCUT2D eigenvalue weighted by Crippen LogP contribution is -2.03. The maximum Gasteiger partial charge on any atom is 0.191 e. The smallest absolute Gasteiger partial charge is 0.191 e. The topological polar surface area (TPSA) is 47.8 Å². The predicted octanol–water partition coefficient (Wildman–Crippen LogP) is 4.63. The number of hydrogen-bond acceptors (Lipinski definition) is 6. The molecule has 0 fully saturated rings. The number of aromatic nitrogens is 3. The maximum atomic E-state index is 12.3. The van der Waals surface area contributed by atoms with Crippen LogP contribution in [0, 0.1) is 0 Å². The molecule has 3 aromatic rings. The minimum atomic E-state index is 0.156. The highest BCUT2D eigenvalue weighted by atomic mass is 32.2. The van der Waals surface area contributed by atoms with Gasteiger partial charge < -0.3 is 4.57 Å². The molecule has 0 atom stereocenters. The lowest BCUT2D eigenvalue weighted by molar-refractivity contribution is 0.102. The van der Waals surface area contributed by atoms with Crippen LogP contribution in [0.15, 0.2) is 34.8 Å². The first-order chi connectivity index (χ1) is 11.2. The van der Waals surface area contributed by atoms with Gasteiger partial charge in [-0.1, -0.05) is 24.8 Å². The zero-order valence-corrected chi connectivity index (χ0v) is 15.4. The van der Waals surface area contributed by atoms with Crippen LogP contribution in [0.3, 0.4) is 0 Å². The van der Waals surface area contributed by atoms with Crippen LogP contribution in [0.5, 0.6) is 0 Å². The third kappa shape index (κ3) is 3.57. The summed E-state index contributed by atoms with van der Waals surface area (Å²) < 4.78 is 2.07. The third-order valence-corrected chi connectivity index (χ3v) is 6.50. The minimum Gasteiger partial charge on any atom is -0.302 e. The Bertz CT molecular complexity index is 789. The number of aryl methyl sites for hydroxylation is 1. The van der Waals surface area contributed by atoms with Crippen molar-refractivity contribution in [3.8, 4) is 10.7 Å². The van der Waals surface area contributed by atoms with Crippen molar-refractivity contribution in [2.24, 2.45) is 0 Å². The highest BCUT2D eigenvalue weighted by Gasteiger charge is 2.16. The molecule has 4 nitrogen and oxygen atoms in total.